The van der Waals surface area contributed by atoms with Crippen molar-refractivity contribution in [3.8, 4) is 5.75 Å². The molecule has 7 nitrogen and oxygen atoms in total. The summed E-state index contributed by atoms with van der Waals surface area (Å²) in [5.74, 6) is 1.16. The minimum Gasteiger partial charge on any atom is -0.494 e. The summed E-state index contributed by atoms with van der Waals surface area (Å²) in [5, 5.41) is 11.0. The van der Waals surface area contributed by atoms with Crippen molar-refractivity contribution >= 4 is 11.6 Å². The predicted molar refractivity (Wildman–Crippen MR) is 79.6 cm³/mol. The second kappa shape index (κ2) is 6.25. The second-order valence-corrected chi connectivity index (χ2v) is 4.69. The fourth-order valence-corrected chi connectivity index (χ4v) is 2.19. The zero-order valence-corrected chi connectivity index (χ0v) is 12.3. The number of hydrogen-bond donors (Lipinski definition) is 0. The van der Waals surface area contributed by atoms with Gasteiger partial charge in [0.2, 0.25) is 12.1 Å². The summed E-state index contributed by atoms with van der Waals surface area (Å²) in [5.41, 5.74) is 1.04. The molecule has 0 unspecified atom stereocenters. The molecule has 0 atom stereocenters. The predicted octanol–water partition coefficient (Wildman–Crippen LogP) is 2.36. The Labute approximate surface area is 122 Å². The molecule has 0 fully saturated rings. The lowest BCUT2D eigenvalue weighted by Crippen LogP contribution is -2.20. The standard InChI is InChI=1S/C14H18N4O3/c1-4-21-12-7-5-11(6-8-12)9-16(2)14-13(18(19)20)15-10-17(14)3/h5-8,10H,4,9H2,1-3H3. The summed E-state index contributed by atoms with van der Waals surface area (Å²) in [6.45, 7) is 3.11. The van der Waals surface area contributed by atoms with Crippen LogP contribution in [0.2, 0.25) is 0 Å². The summed E-state index contributed by atoms with van der Waals surface area (Å²) in [4.78, 5) is 16.2. The molecule has 1 heterocycles. The molecular formula is C14H18N4O3. The van der Waals surface area contributed by atoms with Gasteiger partial charge in [0.25, 0.3) is 0 Å². The van der Waals surface area contributed by atoms with Crippen molar-refractivity contribution in [2.24, 2.45) is 7.05 Å². The van der Waals surface area contributed by atoms with Crippen molar-refractivity contribution < 1.29 is 9.66 Å². The lowest BCUT2D eigenvalue weighted by atomic mass is 10.2. The molecule has 1 aromatic carbocycles. The summed E-state index contributed by atoms with van der Waals surface area (Å²) in [6, 6.07) is 7.68. The van der Waals surface area contributed by atoms with Gasteiger partial charge in [-0.15, -0.1) is 0 Å². The number of ether oxygens (including phenoxy) is 1. The zero-order chi connectivity index (χ0) is 15.4. The largest absolute Gasteiger partial charge is 0.494 e. The van der Waals surface area contributed by atoms with Gasteiger partial charge in [-0.2, -0.15) is 0 Å². The highest BCUT2D eigenvalue weighted by Crippen LogP contribution is 2.26. The topological polar surface area (TPSA) is 73.4 Å². The number of benzene rings is 1. The van der Waals surface area contributed by atoms with Gasteiger partial charge in [0.15, 0.2) is 0 Å². The van der Waals surface area contributed by atoms with E-state index in [1.54, 1.807) is 23.6 Å². The van der Waals surface area contributed by atoms with Crippen LogP contribution in [0.5, 0.6) is 5.75 Å². The van der Waals surface area contributed by atoms with Crippen molar-refractivity contribution in [2.45, 2.75) is 13.5 Å². The number of anilines is 1. The molecule has 0 aliphatic heterocycles. The van der Waals surface area contributed by atoms with Crippen LogP contribution in [0.15, 0.2) is 30.6 Å². The molecule has 0 spiro atoms. The Bertz CT molecular complexity index is 622. The number of imidazole rings is 1. The first-order chi connectivity index (χ1) is 10.0. The molecule has 0 N–H and O–H groups in total. The van der Waals surface area contributed by atoms with E-state index in [-0.39, 0.29) is 5.82 Å². The quantitative estimate of drug-likeness (QED) is 0.603. The van der Waals surface area contributed by atoms with Crippen molar-refractivity contribution in [1.82, 2.24) is 9.55 Å². The first kappa shape index (κ1) is 14.8. The van der Waals surface area contributed by atoms with E-state index in [0.29, 0.717) is 19.0 Å². The van der Waals surface area contributed by atoms with Crippen LogP contribution >= 0.6 is 0 Å². The Hall–Kier alpha value is -2.57. The van der Waals surface area contributed by atoms with E-state index in [9.17, 15) is 10.1 Å². The maximum Gasteiger partial charge on any atom is 0.406 e. The average Bonchev–Trinajstić information content (AvgIpc) is 2.83. The van der Waals surface area contributed by atoms with Gasteiger partial charge in [0, 0.05) is 20.6 Å². The van der Waals surface area contributed by atoms with Gasteiger partial charge in [0.05, 0.1) is 6.61 Å². The summed E-state index contributed by atoms with van der Waals surface area (Å²) in [6.07, 6.45) is 1.45. The molecular weight excluding hydrogens is 272 g/mol. The second-order valence-electron chi connectivity index (χ2n) is 4.69. The highest BCUT2D eigenvalue weighted by Gasteiger charge is 2.23. The molecule has 0 amide bonds. The minimum absolute atomic E-state index is 0.133. The Kier molecular flexibility index (Phi) is 4.42. The zero-order valence-electron chi connectivity index (χ0n) is 12.3. The fourth-order valence-electron chi connectivity index (χ4n) is 2.19. The van der Waals surface area contributed by atoms with E-state index in [1.807, 2.05) is 31.2 Å². The van der Waals surface area contributed by atoms with Crippen molar-refractivity contribution in [3.05, 3.63) is 46.3 Å². The molecule has 0 radical (unpaired) electrons. The third kappa shape index (κ3) is 3.31. The van der Waals surface area contributed by atoms with Crippen LogP contribution in [0, 0.1) is 10.1 Å². The van der Waals surface area contributed by atoms with E-state index in [0.717, 1.165) is 11.3 Å². The maximum atomic E-state index is 11.0. The first-order valence-electron chi connectivity index (χ1n) is 6.61. The Morgan fingerprint density at radius 2 is 2.05 bits per heavy atom. The molecule has 0 saturated heterocycles. The summed E-state index contributed by atoms with van der Waals surface area (Å²) >= 11 is 0. The number of nitrogens with zero attached hydrogens (tertiary/aromatic N) is 4. The van der Waals surface area contributed by atoms with E-state index >= 15 is 0 Å². The molecule has 112 valence electrons. The third-order valence-electron chi connectivity index (χ3n) is 3.08. The normalized spacial score (nSPS) is 10.4. The maximum absolute atomic E-state index is 11.0. The number of hydrogen-bond acceptors (Lipinski definition) is 5. The Balaban J connectivity index is 2.16. The van der Waals surface area contributed by atoms with Gasteiger partial charge in [-0.1, -0.05) is 12.1 Å². The van der Waals surface area contributed by atoms with E-state index < -0.39 is 4.92 Å². The van der Waals surface area contributed by atoms with Crippen molar-refractivity contribution in [3.63, 3.8) is 0 Å². The van der Waals surface area contributed by atoms with Crippen LogP contribution in [-0.4, -0.2) is 28.1 Å². The van der Waals surface area contributed by atoms with Gasteiger partial charge >= 0.3 is 5.82 Å². The van der Waals surface area contributed by atoms with E-state index in [4.69, 9.17) is 4.74 Å². The highest BCUT2D eigenvalue weighted by molar-refractivity contribution is 5.54. The molecule has 7 heteroatoms. The smallest absolute Gasteiger partial charge is 0.406 e. The first-order valence-corrected chi connectivity index (χ1v) is 6.61. The number of aromatic nitrogens is 2. The lowest BCUT2D eigenvalue weighted by molar-refractivity contribution is -0.388. The molecule has 0 aliphatic carbocycles. The Morgan fingerprint density at radius 1 is 1.38 bits per heavy atom. The van der Waals surface area contributed by atoms with Crippen LogP contribution in [0.25, 0.3) is 0 Å². The molecule has 21 heavy (non-hydrogen) atoms. The number of aryl methyl sites for hydroxylation is 1. The third-order valence-corrected chi connectivity index (χ3v) is 3.08. The Morgan fingerprint density at radius 3 is 2.62 bits per heavy atom. The molecule has 0 saturated carbocycles. The van der Waals surface area contributed by atoms with E-state index in [1.165, 1.54) is 6.33 Å². The average molecular weight is 290 g/mol. The fraction of sp³-hybridized carbons (Fsp3) is 0.357. The van der Waals surface area contributed by atoms with Crippen LogP contribution < -0.4 is 9.64 Å². The molecule has 1 aromatic heterocycles. The van der Waals surface area contributed by atoms with E-state index in [2.05, 4.69) is 4.98 Å². The van der Waals surface area contributed by atoms with Crippen LogP contribution in [-0.2, 0) is 13.6 Å². The minimum atomic E-state index is -0.468. The molecule has 0 bridgehead atoms. The van der Waals surface area contributed by atoms with Crippen LogP contribution in [0.3, 0.4) is 0 Å². The SMILES string of the molecule is CCOc1ccc(CN(C)c2c([N+](=O)[O-])ncn2C)cc1. The van der Waals surface area contributed by atoms with Gasteiger partial charge in [-0.05, 0) is 34.5 Å². The molecule has 2 aromatic rings. The molecule has 0 aliphatic rings. The summed E-state index contributed by atoms with van der Waals surface area (Å²) in [7, 11) is 3.55. The molecule has 2 rings (SSSR count). The highest BCUT2D eigenvalue weighted by atomic mass is 16.6. The van der Waals surface area contributed by atoms with Gasteiger partial charge in [-0.3, -0.25) is 4.57 Å². The van der Waals surface area contributed by atoms with Gasteiger partial charge in [0.1, 0.15) is 5.75 Å². The van der Waals surface area contributed by atoms with Crippen molar-refractivity contribution in [2.75, 3.05) is 18.6 Å². The van der Waals surface area contributed by atoms with Gasteiger partial charge < -0.3 is 19.8 Å². The van der Waals surface area contributed by atoms with Crippen LogP contribution in [0.4, 0.5) is 11.6 Å². The van der Waals surface area contributed by atoms with Crippen LogP contribution in [0.1, 0.15) is 12.5 Å². The number of rotatable bonds is 6. The lowest BCUT2D eigenvalue weighted by Gasteiger charge is -2.18. The monoisotopic (exact) mass is 290 g/mol. The van der Waals surface area contributed by atoms with Crippen molar-refractivity contribution in [1.29, 1.82) is 0 Å². The van der Waals surface area contributed by atoms with Gasteiger partial charge in [-0.25, -0.2) is 0 Å². The number of nitro groups is 1. The summed E-state index contributed by atoms with van der Waals surface area (Å²) < 4.78 is 7.04.